The fourth-order valence-electron chi connectivity index (χ4n) is 3.58. The molecule has 3 rings (SSSR count). The summed E-state index contributed by atoms with van der Waals surface area (Å²) in [5.74, 6) is -1.05. The fraction of sp³-hybridized carbons (Fsp3) is 0.217. The van der Waals surface area contributed by atoms with Crippen LogP contribution in [0.3, 0.4) is 0 Å². The molecule has 1 amide bonds. The first-order valence-corrected chi connectivity index (χ1v) is 9.80. The van der Waals surface area contributed by atoms with Crippen molar-refractivity contribution in [2.75, 3.05) is 11.9 Å². The fourth-order valence-corrected chi connectivity index (χ4v) is 3.58. The molecule has 0 radical (unpaired) electrons. The van der Waals surface area contributed by atoms with Crippen molar-refractivity contribution in [2.24, 2.45) is 0 Å². The number of nitrogens with one attached hydrogen (secondary N) is 1. The molecule has 0 aliphatic rings. The predicted molar refractivity (Wildman–Crippen MR) is 116 cm³/mol. The van der Waals surface area contributed by atoms with Crippen LogP contribution in [0.1, 0.15) is 44.6 Å². The number of hydrogen-bond acceptors (Lipinski definition) is 5. The summed E-state index contributed by atoms with van der Waals surface area (Å²) in [4.78, 5) is 36.6. The molecule has 0 spiro atoms. The largest absolute Gasteiger partial charge is 0.461 e. The number of nitro benzene ring substituents is 1. The molecular weight excluding hydrogens is 398 g/mol. The van der Waals surface area contributed by atoms with E-state index in [0.717, 1.165) is 5.56 Å². The zero-order valence-corrected chi connectivity index (χ0v) is 17.5. The van der Waals surface area contributed by atoms with Gasteiger partial charge in [0.05, 0.1) is 17.1 Å². The number of nitrogens with zero attached hydrogens (tertiary/aromatic N) is 2. The molecule has 31 heavy (non-hydrogen) atoms. The molecule has 8 heteroatoms. The number of para-hydroxylation sites is 2. The van der Waals surface area contributed by atoms with E-state index in [1.807, 2.05) is 30.3 Å². The van der Waals surface area contributed by atoms with Gasteiger partial charge >= 0.3 is 5.97 Å². The van der Waals surface area contributed by atoms with E-state index < -0.39 is 16.8 Å². The van der Waals surface area contributed by atoms with Crippen LogP contribution in [-0.4, -0.2) is 28.0 Å². The Morgan fingerprint density at radius 2 is 1.71 bits per heavy atom. The third-order valence-corrected chi connectivity index (χ3v) is 5.00. The van der Waals surface area contributed by atoms with E-state index >= 15 is 0 Å². The number of ether oxygens (including phenoxy) is 1. The molecule has 1 heterocycles. The number of benzene rings is 2. The first kappa shape index (κ1) is 21.8. The van der Waals surface area contributed by atoms with Crippen molar-refractivity contribution in [3.8, 4) is 0 Å². The first-order valence-electron chi connectivity index (χ1n) is 9.80. The summed E-state index contributed by atoms with van der Waals surface area (Å²) in [6.07, 6.45) is 0. The zero-order valence-electron chi connectivity index (χ0n) is 17.5. The van der Waals surface area contributed by atoms with Gasteiger partial charge in [-0.3, -0.25) is 14.9 Å². The number of carbonyl (C=O) groups excluding carboxylic acids is 2. The lowest BCUT2D eigenvalue weighted by Gasteiger charge is -2.12. The van der Waals surface area contributed by atoms with Crippen molar-refractivity contribution >= 4 is 23.3 Å². The van der Waals surface area contributed by atoms with Crippen LogP contribution in [0.2, 0.25) is 0 Å². The van der Waals surface area contributed by atoms with Crippen molar-refractivity contribution in [1.29, 1.82) is 0 Å². The van der Waals surface area contributed by atoms with Gasteiger partial charge in [-0.15, -0.1) is 0 Å². The van der Waals surface area contributed by atoms with Crippen LogP contribution >= 0.6 is 0 Å². The Balaban J connectivity index is 2.06. The van der Waals surface area contributed by atoms with Gasteiger partial charge in [0, 0.05) is 18.3 Å². The molecule has 0 aliphatic heterocycles. The van der Waals surface area contributed by atoms with Crippen LogP contribution < -0.4 is 5.32 Å². The molecule has 0 unspecified atom stereocenters. The molecule has 2 aromatic carbocycles. The minimum absolute atomic E-state index is 0.0878. The Labute approximate surface area is 179 Å². The van der Waals surface area contributed by atoms with E-state index in [0.29, 0.717) is 17.8 Å². The average molecular weight is 421 g/mol. The number of aromatic nitrogens is 1. The van der Waals surface area contributed by atoms with E-state index in [2.05, 4.69) is 5.32 Å². The maximum absolute atomic E-state index is 13.1. The molecule has 0 bridgehead atoms. The molecule has 3 aromatic rings. The predicted octanol–water partition coefficient (Wildman–Crippen LogP) is 4.49. The first-order chi connectivity index (χ1) is 14.8. The van der Waals surface area contributed by atoms with Crippen LogP contribution in [0, 0.1) is 24.0 Å². The Bertz CT molecular complexity index is 1140. The second kappa shape index (κ2) is 9.25. The van der Waals surface area contributed by atoms with Gasteiger partial charge in [0.1, 0.15) is 11.4 Å². The average Bonchev–Trinajstić information content (AvgIpc) is 2.98. The summed E-state index contributed by atoms with van der Waals surface area (Å²) in [5.41, 5.74) is 2.44. The Hall–Kier alpha value is -3.94. The third-order valence-electron chi connectivity index (χ3n) is 5.00. The number of esters is 1. The molecule has 0 saturated heterocycles. The minimum Gasteiger partial charge on any atom is -0.461 e. The van der Waals surface area contributed by atoms with Gasteiger partial charge < -0.3 is 14.6 Å². The van der Waals surface area contributed by atoms with Crippen LogP contribution in [0.5, 0.6) is 0 Å². The second-order valence-electron chi connectivity index (χ2n) is 6.95. The second-order valence-corrected chi connectivity index (χ2v) is 6.95. The number of amides is 1. The van der Waals surface area contributed by atoms with Gasteiger partial charge in [0.15, 0.2) is 0 Å². The molecule has 160 valence electrons. The quantitative estimate of drug-likeness (QED) is 0.344. The number of hydrogen-bond donors (Lipinski definition) is 1. The highest BCUT2D eigenvalue weighted by atomic mass is 16.6. The Kier molecular flexibility index (Phi) is 6.49. The molecule has 1 N–H and O–H groups in total. The van der Waals surface area contributed by atoms with Crippen molar-refractivity contribution in [1.82, 2.24) is 4.57 Å². The molecular formula is C23H23N3O5. The molecule has 0 atom stereocenters. The van der Waals surface area contributed by atoms with Gasteiger partial charge in [-0.25, -0.2) is 4.79 Å². The van der Waals surface area contributed by atoms with Crippen molar-refractivity contribution in [3.63, 3.8) is 0 Å². The van der Waals surface area contributed by atoms with Crippen LogP contribution in [0.15, 0.2) is 54.6 Å². The summed E-state index contributed by atoms with van der Waals surface area (Å²) in [7, 11) is 0. The van der Waals surface area contributed by atoms with E-state index in [1.165, 1.54) is 18.2 Å². The third kappa shape index (κ3) is 4.48. The number of rotatable bonds is 7. The number of carbonyl (C=O) groups is 2. The van der Waals surface area contributed by atoms with Crippen molar-refractivity contribution < 1.29 is 19.2 Å². The molecule has 8 nitrogen and oxygen atoms in total. The number of nitro groups is 1. The maximum atomic E-state index is 13.1. The molecule has 1 aromatic heterocycles. The zero-order chi connectivity index (χ0) is 22.5. The summed E-state index contributed by atoms with van der Waals surface area (Å²) >= 11 is 0. The standard InChI is InChI=1S/C23H23N3O5/c1-4-31-23(28)21-15(2)20(16(3)25(21)14-17-10-6-5-7-11-17)22(27)24-18-12-8-9-13-19(18)26(29)30/h5-13H,4,14H2,1-3H3,(H,24,27). The Morgan fingerprint density at radius 1 is 1.06 bits per heavy atom. The minimum atomic E-state index is -0.556. The maximum Gasteiger partial charge on any atom is 0.355 e. The van der Waals surface area contributed by atoms with Gasteiger partial charge in [-0.1, -0.05) is 42.5 Å². The number of anilines is 1. The normalized spacial score (nSPS) is 10.5. The summed E-state index contributed by atoms with van der Waals surface area (Å²) in [6, 6.07) is 15.5. The summed E-state index contributed by atoms with van der Waals surface area (Å²) < 4.78 is 6.97. The highest BCUT2D eigenvalue weighted by Gasteiger charge is 2.28. The van der Waals surface area contributed by atoms with Gasteiger partial charge in [0.2, 0.25) is 0 Å². The van der Waals surface area contributed by atoms with E-state index in [1.54, 1.807) is 31.4 Å². The summed E-state index contributed by atoms with van der Waals surface area (Å²) in [5, 5.41) is 13.9. The van der Waals surface area contributed by atoms with E-state index in [9.17, 15) is 19.7 Å². The lowest BCUT2D eigenvalue weighted by atomic mass is 10.1. The van der Waals surface area contributed by atoms with Gasteiger partial charge in [-0.2, -0.15) is 0 Å². The highest BCUT2D eigenvalue weighted by molar-refractivity contribution is 6.09. The monoisotopic (exact) mass is 421 g/mol. The van der Waals surface area contributed by atoms with E-state index in [-0.39, 0.29) is 29.2 Å². The Morgan fingerprint density at radius 3 is 2.35 bits per heavy atom. The molecule has 0 fully saturated rings. The topological polar surface area (TPSA) is 103 Å². The van der Waals surface area contributed by atoms with Crippen molar-refractivity contribution in [2.45, 2.75) is 27.3 Å². The summed E-state index contributed by atoms with van der Waals surface area (Å²) in [6.45, 7) is 5.71. The van der Waals surface area contributed by atoms with Crippen molar-refractivity contribution in [3.05, 3.63) is 92.8 Å². The van der Waals surface area contributed by atoms with Crippen LogP contribution in [0.25, 0.3) is 0 Å². The highest BCUT2D eigenvalue weighted by Crippen LogP contribution is 2.28. The van der Waals surface area contributed by atoms with Gasteiger partial charge in [-0.05, 0) is 38.0 Å². The molecule has 0 aliphatic carbocycles. The lowest BCUT2D eigenvalue weighted by molar-refractivity contribution is -0.383. The van der Waals surface area contributed by atoms with Crippen LogP contribution in [-0.2, 0) is 11.3 Å². The van der Waals surface area contributed by atoms with Gasteiger partial charge in [0.25, 0.3) is 11.6 Å². The van der Waals surface area contributed by atoms with Crippen LogP contribution in [0.4, 0.5) is 11.4 Å². The lowest BCUT2D eigenvalue weighted by Crippen LogP contribution is -2.15. The smallest absolute Gasteiger partial charge is 0.355 e. The SMILES string of the molecule is CCOC(=O)c1c(C)c(C(=O)Nc2ccccc2[N+](=O)[O-])c(C)n1Cc1ccccc1. The van der Waals surface area contributed by atoms with E-state index in [4.69, 9.17) is 4.74 Å². The molecule has 0 saturated carbocycles.